The van der Waals surface area contributed by atoms with E-state index in [9.17, 15) is 25.2 Å². The van der Waals surface area contributed by atoms with Gasteiger partial charge in [-0.05, 0) is 25.9 Å². The van der Waals surface area contributed by atoms with Crippen LogP contribution in [-0.4, -0.2) is 124 Å². The summed E-state index contributed by atoms with van der Waals surface area (Å²) in [7, 11) is 0. The molecule has 9 nitrogen and oxygen atoms in total. The van der Waals surface area contributed by atoms with Crippen LogP contribution in [0.15, 0.2) is 0 Å². The molecule has 9 heteroatoms. The predicted octanol–water partition coefficient (Wildman–Crippen LogP) is -3.21. The molecule has 4 saturated heterocycles. The van der Waals surface area contributed by atoms with Gasteiger partial charge in [0.05, 0.1) is 38.0 Å². The number of piperidine rings is 3. The molecule has 0 aromatic carbocycles. The average molecular weight is 374 g/mol. The van der Waals surface area contributed by atoms with Gasteiger partial charge in [-0.1, -0.05) is 0 Å². The van der Waals surface area contributed by atoms with Crippen molar-refractivity contribution in [3.05, 3.63) is 0 Å². The smallest absolute Gasteiger partial charge is 0.154 e. The number of Topliss-reactive ketones (excluding diaryl/α,β-unsaturated/α-hetero) is 1. The molecular formula is C17H30N2O7. The van der Waals surface area contributed by atoms with Crippen LogP contribution in [0.4, 0.5) is 0 Å². The van der Waals surface area contributed by atoms with Crippen molar-refractivity contribution < 1.29 is 35.1 Å². The van der Waals surface area contributed by atoms with E-state index in [0.29, 0.717) is 26.3 Å². The predicted molar refractivity (Wildman–Crippen MR) is 90.4 cm³/mol. The molecule has 6 atom stereocenters. The monoisotopic (exact) mass is 374 g/mol. The highest BCUT2D eigenvalue weighted by molar-refractivity contribution is 5.88. The van der Waals surface area contributed by atoms with Gasteiger partial charge >= 0.3 is 0 Å². The van der Waals surface area contributed by atoms with Crippen molar-refractivity contribution in [1.29, 1.82) is 0 Å². The number of ketones is 1. The fourth-order valence-electron chi connectivity index (χ4n) is 4.49. The van der Waals surface area contributed by atoms with Crippen molar-refractivity contribution in [3.63, 3.8) is 0 Å². The molecule has 4 fully saturated rings. The number of carbonyl (C=O) groups excluding carboxylic acids is 1. The molecule has 26 heavy (non-hydrogen) atoms. The molecule has 4 heterocycles. The van der Waals surface area contributed by atoms with E-state index < -0.39 is 43.1 Å². The van der Waals surface area contributed by atoms with E-state index in [1.54, 1.807) is 0 Å². The van der Waals surface area contributed by atoms with Crippen LogP contribution in [-0.2, 0) is 9.53 Å². The van der Waals surface area contributed by atoms with Gasteiger partial charge in [-0.3, -0.25) is 14.6 Å². The van der Waals surface area contributed by atoms with E-state index in [4.69, 9.17) is 9.84 Å². The van der Waals surface area contributed by atoms with Crippen molar-refractivity contribution in [1.82, 2.24) is 9.80 Å². The van der Waals surface area contributed by atoms with E-state index >= 15 is 0 Å². The lowest BCUT2D eigenvalue weighted by atomic mass is 9.76. The summed E-state index contributed by atoms with van der Waals surface area (Å²) in [5.41, 5.74) is 0. The Hall–Kier alpha value is -0.650. The molecular weight excluding hydrogens is 344 g/mol. The molecule has 0 unspecified atom stereocenters. The Bertz CT molecular complexity index is 480. The number of fused-ring (bicyclic) bond motifs is 3. The van der Waals surface area contributed by atoms with Crippen LogP contribution >= 0.6 is 0 Å². The molecule has 0 aliphatic carbocycles. The quantitative estimate of drug-likeness (QED) is 0.312. The summed E-state index contributed by atoms with van der Waals surface area (Å²) in [6.07, 6.45) is -4.77. The van der Waals surface area contributed by atoms with Crippen molar-refractivity contribution in [2.24, 2.45) is 5.92 Å². The minimum Gasteiger partial charge on any atom is -0.394 e. The molecule has 4 aliphatic heterocycles. The van der Waals surface area contributed by atoms with Crippen LogP contribution in [0.5, 0.6) is 0 Å². The highest BCUT2D eigenvalue weighted by atomic mass is 16.5. The molecule has 5 N–H and O–H groups in total. The average Bonchev–Trinajstić information content (AvgIpc) is 2.69. The molecule has 2 bridgehead atoms. The van der Waals surface area contributed by atoms with Gasteiger partial charge in [0, 0.05) is 19.0 Å². The maximum Gasteiger partial charge on any atom is 0.154 e. The molecule has 0 radical (unpaired) electrons. The van der Waals surface area contributed by atoms with Crippen molar-refractivity contribution in [3.8, 4) is 0 Å². The standard InChI is InChI=1S/C17H30N2O7/c20-9-11(21)15(23)17(25)16(24)13(19-5-7-26-8-6-19)12-14(22)10-1-3-18(12)4-2-10/h10-13,15-17,20-21,23-25H,1-9H2/t11-,12+,13+,15-,16+,17+/m1/s1. The Morgan fingerprint density at radius 1 is 0.962 bits per heavy atom. The van der Waals surface area contributed by atoms with Crippen LogP contribution in [0.25, 0.3) is 0 Å². The summed E-state index contributed by atoms with van der Waals surface area (Å²) in [4.78, 5) is 16.9. The number of carbonyl (C=O) groups is 1. The summed E-state index contributed by atoms with van der Waals surface area (Å²) in [6, 6.07) is -1.26. The van der Waals surface area contributed by atoms with Gasteiger partial charge in [-0.25, -0.2) is 0 Å². The van der Waals surface area contributed by atoms with Crippen molar-refractivity contribution >= 4 is 5.78 Å². The summed E-state index contributed by atoms with van der Waals surface area (Å²) in [5, 5.41) is 50.0. The van der Waals surface area contributed by atoms with Gasteiger partial charge in [0.1, 0.15) is 18.3 Å². The third-order valence-electron chi connectivity index (χ3n) is 6.04. The largest absolute Gasteiger partial charge is 0.394 e. The summed E-state index contributed by atoms with van der Waals surface area (Å²) >= 11 is 0. The highest BCUT2D eigenvalue weighted by Crippen LogP contribution is 2.34. The Labute approximate surface area is 152 Å². The second kappa shape index (κ2) is 8.57. The van der Waals surface area contributed by atoms with E-state index in [2.05, 4.69) is 0 Å². The van der Waals surface area contributed by atoms with Crippen LogP contribution in [0, 0.1) is 5.92 Å². The van der Waals surface area contributed by atoms with Gasteiger partial charge in [0.25, 0.3) is 0 Å². The van der Waals surface area contributed by atoms with Crippen LogP contribution in [0.3, 0.4) is 0 Å². The topological polar surface area (TPSA) is 134 Å². The number of hydrogen-bond acceptors (Lipinski definition) is 9. The van der Waals surface area contributed by atoms with Gasteiger partial charge in [0.2, 0.25) is 0 Å². The maximum absolute atomic E-state index is 12.9. The van der Waals surface area contributed by atoms with E-state index in [1.807, 2.05) is 9.80 Å². The first-order valence-corrected chi connectivity index (χ1v) is 9.38. The number of aliphatic hydroxyl groups is 5. The number of aliphatic hydroxyl groups excluding tert-OH is 5. The molecule has 4 rings (SSSR count). The fourth-order valence-corrected chi connectivity index (χ4v) is 4.49. The van der Waals surface area contributed by atoms with Gasteiger partial charge in [0.15, 0.2) is 5.78 Å². The second-order valence-electron chi connectivity index (χ2n) is 7.52. The maximum atomic E-state index is 12.9. The Morgan fingerprint density at radius 3 is 2.12 bits per heavy atom. The first-order chi connectivity index (χ1) is 12.5. The lowest BCUT2D eigenvalue weighted by molar-refractivity contribution is -0.164. The third-order valence-corrected chi connectivity index (χ3v) is 6.04. The zero-order valence-electron chi connectivity index (χ0n) is 14.9. The second-order valence-corrected chi connectivity index (χ2v) is 7.52. The third kappa shape index (κ3) is 3.81. The molecule has 0 aromatic rings. The molecule has 0 amide bonds. The van der Waals surface area contributed by atoms with E-state index in [0.717, 1.165) is 25.9 Å². The summed E-state index contributed by atoms with van der Waals surface area (Å²) < 4.78 is 5.36. The molecule has 0 spiro atoms. The minimum atomic E-state index is -1.70. The van der Waals surface area contributed by atoms with Crippen LogP contribution in [0.1, 0.15) is 12.8 Å². The molecule has 150 valence electrons. The fraction of sp³-hybridized carbons (Fsp3) is 0.941. The van der Waals surface area contributed by atoms with Crippen molar-refractivity contribution in [2.75, 3.05) is 46.0 Å². The lowest BCUT2D eigenvalue weighted by Crippen LogP contribution is -2.69. The van der Waals surface area contributed by atoms with Crippen LogP contribution in [0.2, 0.25) is 0 Å². The number of ether oxygens (including phenoxy) is 1. The van der Waals surface area contributed by atoms with Gasteiger partial charge in [-0.15, -0.1) is 0 Å². The Balaban J connectivity index is 1.84. The summed E-state index contributed by atoms with van der Waals surface area (Å²) in [5.74, 6) is 0.0493. The number of hydrogen-bond donors (Lipinski definition) is 5. The lowest BCUT2D eigenvalue weighted by Gasteiger charge is -2.51. The number of rotatable bonds is 7. The van der Waals surface area contributed by atoms with Gasteiger partial charge in [-0.2, -0.15) is 0 Å². The van der Waals surface area contributed by atoms with Gasteiger partial charge < -0.3 is 30.3 Å². The Morgan fingerprint density at radius 2 is 1.58 bits per heavy atom. The molecule has 0 saturated carbocycles. The zero-order chi connectivity index (χ0) is 18.8. The van der Waals surface area contributed by atoms with Crippen molar-refractivity contribution in [2.45, 2.75) is 49.3 Å². The van der Waals surface area contributed by atoms with E-state index in [1.165, 1.54) is 0 Å². The summed E-state index contributed by atoms with van der Waals surface area (Å²) in [6.45, 7) is 2.75. The number of morpholine rings is 1. The minimum absolute atomic E-state index is 0.0224. The van der Waals surface area contributed by atoms with E-state index in [-0.39, 0.29) is 11.7 Å². The highest BCUT2D eigenvalue weighted by Gasteiger charge is 2.51. The number of nitrogens with zero attached hydrogens (tertiary/aromatic N) is 2. The SMILES string of the molecule is O=C1C2CCN(CC2)[C@H]1[C@@H]([C@H](O)[C@@H](O)[C@H](O)[C@H](O)CO)N1CCOCC1. The van der Waals surface area contributed by atoms with Crippen LogP contribution < -0.4 is 0 Å². The normalized spacial score (nSPS) is 35.7. The Kier molecular flexibility index (Phi) is 6.63. The molecule has 4 aliphatic rings. The first-order valence-electron chi connectivity index (χ1n) is 9.38. The first kappa shape index (κ1) is 20.1. The molecule has 0 aromatic heterocycles. The zero-order valence-corrected chi connectivity index (χ0v) is 14.9.